The number of sulfonamides is 1. The summed E-state index contributed by atoms with van der Waals surface area (Å²) in [7, 11) is -2.00. The van der Waals surface area contributed by atoms with E-state index in [0.29, 0.717) is 43.1 Å². The highest BCUT2D eigenvalue weighted by Crippen LogP contribution is 2.32. The molecule has 0 bridgehead atoms. The van der Waals surface area contributed by atoms with Crippen molar-refractivity contribution in [3.8, 4) is 5.75 Å². The van der Waals surface area contributed by atoms with Gasteiger partial charge in [0.2, 0.25) is 10.0 Å². The van der Waals surface area contributed by atoms with Gasteiger partial charge in [0.25, 0.3) is 5.91 Å². The minimum Gasteiger partial charge on any atom is -0.494 e. The van der Waals surface area contributed by atoms with Gasteiger partial charge in [0.1, 0.15) is 11.3 Å². The van der Waals surface area contributed by atoms with Crippen molar-refractivity contribution in [1.29, 1.82) is 0 Å². The fourth-order valence-corrected chi connectivity index (χ4v) is 3.79. The quantitative estimate of drug-likeness (QED) is 0.674. The molecule has 1 aromatic carbocycles. The Morgan fingerprint density at radius 2 is 2.07 bits per heavy atom. The highest BCUT2D eigenvalue weighted by Gasteiger charge is 2.42. The van der Waals surface area contributed by atoms with Crippen molar-refractivity contribution in [2.75, 3.05) is 36.5 Å². The summed E-state index contributed by atoms with van der Waals surface area (Å²) < 4.78 is 32.3. The van der Waals surface area contributed by atoms with Crippen LogP contribution in [0.25, 0.3) is 0 Å². The zero-order valence-electron chi connectivity index (χ0n) is 15.2. The molecule has 0 aliphatic carbocycles. The van der Waals surface area contributed by atoms with E-state index in [1.165, 1.54) is 7.11 Å². The first-order chi connectivity index (χ1) is 12.8. The third-order valence-corrected chi connectivity index (χ3v) is 5.14. The fraction of sp³-hybridized carbons (Fsp3) is 0.412. The molecule has 1 amide bonds. The van der Waals surface area contributed by atoms with Crippen molar-refractivity contribution >= 4 is 27.3 Å². The zero-order valence-corrected chi connectivity index (χ0v) is 16.0. The Hall–Kier alpha value is -2.59. The predicted octanol–water partition coefficient (Wildman–Crippen LogP) is 0.981. The molecule has 1 aliphatic rings. The molecule has 0 unspecified atom stereocenters. The van der Waals surface area contributed by atoms with Gasteiger partial charge < -0.3 is 15.4 Å². The first kappa shape index (κ1) is 19.2. The van der Waals surface area contributed by atoms with Gasteiger partial charge in [-0.25, -0.2) is 8.42 Å². The first-order valence-corrected chi connectivity index (χ1v) is 10.4. The highest BCUT2D eigenvalue weighted by atomic mass is 32.2. The molecule has 2 aromatic rings. The van der Waals surface area contributed by atoms with Gasteiger partial charge in [0, 0.05) is 24.1 Å². The van der Waals surface area contributed by atoms with Gasteiger partial charge in [-0.3, -0.25) is 14.2 Å². The number of piperidine rings is 1. The third-order valence-electron chi connectivity index (χ3n) is 4.55. The van der Waals surface area contributed by atoms with E-state index in [9.17, 15) is 13.2 Å². The predicted molar refractivity (Wildman–Crippen MR) is 102 cm³/mol. The number of rotatable bonds is 6. The molecular formula is C17H23N5O4S. The lowest BCUT2D eigenvalue weighted by molar-refractivity contribution is -0.126. The SMILES string of the molecule is COc1cc(NC(=O)C2(n3cccn3)CCNCC2)ccc1NS(C)(=O)=O. The molecule has 2 heterocycles. The number of carbonyl (C=O) groups is 1. The summed E-state index contributed by atoms with van der Waals surface area (Å²) >= 11 is 0. The topological polar surface area (TPSA) is 114 Å². The molecule has 146 valence electrons. The maximum absolute atomic E-state index is 13.1. The number of ether oxygens (including phenoxy) is 1. The second-order valence-electron chi connectivity index (χ2n) is 6.48. The smallest absolute Gasteiger partial charge is 0.252 e. The van der Waals surface area contributed by atoms with Crippen LogP contribution in [0.2, 0.25) is 0 Å². The van der Waals surface area contributed by atoms with E-state index < -0.39 is 15.6 Å². The molecule has 27 heavy (non-hydrogen) atoms. The van der Waals surface area contributed by atoms with Gasteiger partial charge in [-0.05, 0) is 44.1 Å². The van der Waals surface area contributed by atoms with Gasteiger partial charge in [0.05, 0.1) is 19.1 Å². The molecule has 3 rings (SSSR count). The molecule has 0 atom stereocenters. The van der Waals surface area contributed by atoms with E-state index in [4.69, 9.17) is 4.74 Å². The number of hydrogen-bond acceptors (Lipinski definition) is 6. The molecule has 10 heteroatoms. The Kier molecular flexibility index (Phi) is 5.38. The Labute approximate surface area is 158 Å². The molecule has 1 fully saturated rings. The first-order valence-electron chi connectivity index (χ1n) is 8.52. The third kappa shape index (κ3) is 4.22. The van der Waals surface area contributed by atoms with E-state index in [-0.39, 0.29) is 5.91 Å². The second kappa shape index (κ2) is 7.57. The number of anilines is 2. The molecule has 3 N–H and O–H groups in total. The Morgan fingerprint density at radius 3 is 2.67 bits per heavy atom. The fourth-order valence-electron chi connectivity index (χ4n) is 3.22. The number of nitrogens with one attached hydrogen (secondary N) is 3. The normalized spacial score (nSPS) is 16.5. The number of aromatic nitrogens is 2. The van der Waals surface area contributed by atoms with Gasteiger partial charge in [-0.1, -0.05) is 0 Å². The molecule has 1 aromatic heterocycles. The number of nitrogens with zero attached hydrogens (tertiary/aromatic N) is 2. The van der Waals surface area contributed by atoms with Crippen molar-refractivity contribution in [2.24, 2.45) is 0 Å². The number of benzene rings is 1. The Balaban J connectivity index is 1.86. The van der Waals surface area contributed by atoms with Crippen LogP contribution in [0.15, 0.2) is 36.7 Å². The van der Waals surface area contributed by atoms with Crippen LogP contribution >= 0.6 is 0 Å². The lowest BCUT2D eigenvalue weighted by atomic mass is 9.87. The minimum absolute atomic E-state index is 0.168. The Bertz CT molecular complexity index is 905. The van der Waals surface area contributed by atoms with Crippen LogP contribution in [-0.2, 0) is 20.4 Å². The average Bonchev–Trinajstić information content (AvgIpc) is 3.17. The molecule has 0 saturated carbocycles. The second-order valence-corrected chi connectivity index (χ2v) is 8.22. The summed E-state index contributed by atoms with van der Waals surface area (Å²) in [6.07, 6.45) is 5.75. The number of carbonyl (C=O) groups excluding carboxylic acids is 1. The van der Waals surface area contributed by atoms with Crippen LogP contribution in [0.4, 0.5) is 11.4 Å². The number of amides is 1. The van der Waals surface area contributed by atoms with Crippen LogP contribution in [0.1, 0.15) is 12.8 Å². The van der Waals surface area contributed by atoms with Crippen LogP contribution in [0.5, 0.6) is 5.75 Å². The molecule has 0 spiro atoms. The summed E-state index contributed by atoms with van der Waals surface area (Å²) in [4.78, 5) is 13.1. The summed E-state index contributed by atoms with van der Waals surface area (Å²) in [6, 6.07) is 6.57. The van der Waals surface area contributed by atoms with Crippen molar-refractivity contribution in [2.45, 2.75) is 18.4 Å². The monoisotopic (exact) mass is 393 g/mol. The summed E-state index contributed by atoms with van der Waals surface area (Å²) in [6.45, 7) is 1.43. The molecule has 9 nitrogen and oxygen atoms in total. The van der Waals surface area contributed by atoms with Crippen LogP contribution in [0, 0.1) is 0 Å². The minimum atomic E-state index is -3.44. The number of methoxy groups -OCH3 is 1. The van der Waals surface area contributed by atoms with Crippen molar-refractivity contribution in [1.82, 2.24) is 15.1 Å². The zero-order chi connectivity index (χ0) is 19.5. The molecule has 0 radical (unpaired) electrons. The Morgan fingerprint density at radius 1 is 1.33 bits per heavy atom. The average molecular weight is 393 g/mol. The molecule has 1 saturated heterocycles. The van der Waals surface area contributed by atoms with E-state index in [2.05, 4.69) is 20.5 Å². The van der Waals surface area contributed by atoms with Gasteiger partial charge >= 0.3 is 0 Å². The van der Waals surface area contributed by atoms with Gasteiger partial charge in [-0.2, -0.15) is 5.10 Å². The molecular weight excluding hydrogens is 370 g/mol. The lowest BCUT2D eigenvalue weighted by Crippen LogP contribution is -2.52. The van der Waals surface area contributed by atoms with E-state index >= 15 is 0 Å². The van der Waals surface area contributed by atoms with Crippen molar-refractivity contribution in [3.05, 3.63) is 36.7 Å². The maximum atomic E-state index is 13.1. The largest absolute Gasteiger partial charge is 0.494 e. The van der Waals surface area contributed by atoms with Crippen molar-refractivity contribution < 1.29 is 17.9 Å². The van der Waals surface area contributed by atoms with E-state index in [1.54, 1.807) is 41.3 Å². The van der Waals surface area contributed by atoms with Crippen LogP contribution < -0.4 is 20.1 Å². The summed E-state index contributed by atoms with van der Waals surface area (Å²) in [5, 5.41) is 10.5. The van der Waals surface area contributed by atoms with Gasteiger partial charge in [0.15, 0.2) is 0 Å². The van der Waals surface area contributed by atoms with Crippen LogP contribution in [-0.4, -0.2) is 50.6 Å². The van der Waals surface area contributed by atoms with E-state index in [1.807, 2.05) is 0 Å². The highest BCUT2D eigenvalue weighted by molar-refractivity contribution is 7.92. The summed E-state index contributed by atoms with van der Waals surface area (Å²) in [5.41, 5.74) is 0.0497. The summed E-state index contributed by atoms with van der Waals surface area (Å²) in [5.74, 6) is 0.148. The van der Waals surface area contributed by atoms with Crippen LogP contribution in [0.3, 0.4) is 0 Å². The molecule has 1 aliphatic heterocycles. The standard InChI is InChI=1S/C17H23N5O4S/c1-26-15-12-13(4-5-14(15)21-27(2,24)25)20-16(23)17(6-9-18-10-7-17)22-11-3-8-19-22/h3-5,8,11-12,18,21H,6-7,9-10H2,1-2H3,(H,20,23). The van der Waals surface area contributed by atoms with Crippen molar-refractivity contribution in [3.63, 3.8) is 0 Å². The lowest BCUT2D eigenvalue weighted by Gasteiger charge is -2.36. The van der Waals surface area contributed by atoms with Gasteiger partial charge in [-0.15, -0.1) is 0 Å². The van der Waals surface area contributed by atoms with E-state index in [0.717, 1.165) is 6.26 Å². The number of hydrogen-bond donors (Lipinski definition) is 3. The maximum Gasteiger partial charge on any atom is 0.252 e.